The summed E-state index contributed by atoms with van der Waals surface area (Å²) in [5.74, 6) is 0.740. The summed E-state index contributed by atoms with van der Waals surface area (Å²) in [5, 5.41) is 4.73. The van der Waals surface area contributed by atoms with Crippen LogP contribution in [0.2, 0.25) is 36.3 Å². The van der Waals surface area contributed by atoms with Gasteiger partial charge in [0.25, 0.3) is 0 Å². The maximum Gasteiger partial charge on any atom is 0.192 e. The number of rotatable bonds is 5. The number of oxime groups is 1. The van der Waals surface area contributed by atoms with Crippen LogP contribution in [0, 0.1) is 11.8 Å². The van der Waals surface area contributed by atoms with Crippen LogP contribution in [0.3, 0.4) is 0 Å². The first-order chi connectivity index (χ1) is 11.2. The van der Waals surface area contributed by atoms with Gasteiger partial charge in [0.15, 0.2) is 16.6 Å². The molecule has 0 amide bonds. The molecule has 0 aromatic rings. The Kier molecular flexibility index (Phi) is 5.72. The van der Waals surface area contributed by atoms with Gasteiger partial charge in [0.05, 0.1) is 11.8 Å². The fourth-order valence-electron chi connectivity index (χ4n) is 2.97. The number of fused-ring (bicyclic) bond motifs is 1. The second kappa shape index (κ2) is 6.77. The molecule has 0 saturated heterocycles. The first-order valence-corrected chi connectivity index (χ1v) is 15.5. The molecule has 0 spiro atoms. The predicted octanol–water partition coefficient (Wildman–Crippen LogP) is 5.42. The molecule has 1 aliphatic heterocycles. The van der Waals surface area contributed by atoms with E-state index in [9.17, 15) is 0 Å². The van der Waals surface area contributed by atoms with Gasteiger partial charge in [-0.3, -0.25) is 0 Å². The second-order valence-electron chi connectivity index (χ2n) is 10.8. The highest BCUT2D eigenvalue weighted by Crippen LogP contribution is 2.44. The van der Waals surface area contributed by atoms with Gasteiger partial charge < -0.3 is 13.7 Å². The Bertz CT molecular complexity index is 518. The highest BCUT2D eigenvalue weighted by Gasteiger charge is 2.50. The average Bonchev–Trinajstić information content (AvgIpc) is 2.94. The number of hydrogen-bond donors (Lipinski definition) is 0. The first-order valence-electron chi connectivity index (χ1n) is 9.66. The topological polar surface area (TPSA) is 40.0 Å². The molecule has 2 rings (SSSR count). The standard InChI is InChI=1S/C19H39NO3Si2/c1-18(2,3)24(7,8)22-13-15-14-12-21-20-16(14)11-17(15)23-25(9,10)19(4,5)6/h14-15,17H,11-13H2,1-10H3/t14?,15-,17-/m0/s1. The molecular formula is C19H39NO3Si2. The van der Waals surface area contributed by atoms with Crippen molar-refractivity contribution in [2.45, 2.75) is 90.3 Å². The number of hydrogen-bond acceptors (Lipinski definition) is 4. The van der Waals surface area contributed by atoms with Crippen LogP contribution < -0.4 is 0 Å². The van der Waals surface area contributed by atoms with E-state index in [-0.39, 0.29) is 16.2 Å². The van der Waals surface area contributed by atoms with E-state index in [2.05, 4.69) is 72.9 Å². The van der Waals surface area contributed by atoms with Gasteiger partial charge in [-0.1, -0.05) is 46.7 Å². The van der Waals surface area contributed by atoms with Crippen LogP contribution in [0.15, 0.2) is 5.16 Å². The van der Waals surface area contributed by atoms with Crippen LogP contribution in [0.5, 0.6) is 0 Å². The van der Waals surface area contributed by atoms with Crippen molar-refractivity contribution in [3.8, 4) is 0 Å². The zero-order chi connectivity index (χ0) is 19.3. The van der Waals surface area contributed by atoms with Crippen LogP contribution in [-0.4, -0.2) is 41.7 Å². The Hall–Kier alpha value is -0.176. The zero-order valence-electron chi connectivity index (χ0n) is 18.0. The van der Waals surface area contributed by atoms with E-state index in [4.69, 9.17) is 13.7 Å². The maximum absolute atomic E-state index is 6.80. The first kappa shape index (κ1) is 21.1. The normalized spacial score (nSPS) is 27.9. The molecule has 1 fully saturated rings. The molecule has 1 heterocycles. The van der Waals surface area contributed by atoms with Crippen LogP contribution in [0.4, 0.5) is 0 Å². The molecule has 0 radical (unpaired) electrons. The van der Waals surface area contributed by atoms with Crippen molar-refractivity contribution < 1.29 is 13.7 Å². The van der Waals surface area contributed by atoms with Crippen molar-refractivity contribution in [1.29, 1.82) is 0 Å². The Labute approximate surface area is 156 Å². The lowest BCUT2D eigenvalue weighted by molar-refractivity contribution is 0.0548. The van der Waals surface area contributed by atoms with E-state index in [0.717, 1.165) is 13.0 Å². The van der Waals surface area contributed by atoms with Crippen LogP contribution >= 0.6 is 0 Å². The van der Waals surface area contributed by atoms with E-state index in [1.54, 1.807) is 0 Å². The molecule has 1 saturated carbocycles. The Balaban J connectivity index is 2.14. The van der Waals surface area contributed by atoms with Crippen molar-refractivity contribution in [3.05, 3.63) is 0 Å². The molecule has 0 aromatic carbocycles. The van der Waals surface area contributed by atoms with E-state index in [1.807, 2.05) is 0 Å². The van der Waals surface area contributed by atoms with Gasteiger partial charge >= 0.3 is 0 Å². The van der Waals surface area contributed by atoms with Gasteiger partial charge in [-0.05, 0) is 36.3 Å². The van der Waals surface area contributed by atoms with E-state index in [1.165, 1.54) is 5.71 Å². The third-order valence-corrected chi connectivity index (χ3v) is 16.0. The van der Waals surface area contributed by atoms with Crippen molar-refractivity contribution in [2.75, 3.05) is 13.2 Å². The smallest absolute Gasteiger partial charge is 0.192 e. The van der Waals surface area contributed by atoms with Gasteiger partial charge in [0.1, 0.15) is 6.61 Å². The fourth-order valence-corrected chi connectivity index (χ4v) is 5.38. The summed E-state index contributed by atoms with van der Waals surface area (Å²) in [4.78, 5) is 5.39. The van der Waals surface area contributed by atoms with Gasteiger partial charge in [-0.2, -0.15) is 0 Å². The van der Waals surface area contributed by atoms with E-state index < -0.39 is 16.6 Å². The Morgan fingerprint density at radius 2 is 1.56 bits per heavy atom. The molecule has 0 aromatic heterocycles. The van der Waals surface area contributed by atoms with Gasteiger partial charge in [-0.15, -0.1) is 0 Å². The summed E-state index contributed by atoms with van der Waals surface area (Å²) in [6.07, 6.45) is 1.13. The van der Waals surface area contributed by atoms with Gasteiger partial charge in [-0.25, -0.2) is 0 Å². The second-order valence-corrected chi connectivity index (χ2v) is 20.4. The molecule has 1 aliphatic carbocycles. The molecule has 4 nitrogen and oxygen atoms in total. The van der Waals surface area contributed by atoms with Crippen LogP contribution in [0.1, 0.15) is 48.0 Å². The Morgan fingerprint density at radius 3 is 2.08 bits per heavy atom. The molecule has 6 heteroatoms. The van der Waals surface area contributed by atoms with Gasteiger partial charge in [0, 0.05) is 24.9 Å². The summed E-state index contributed by atoms with van der Waals surface area (Å²) < 4.78 is 13.4. The predicted molar refractivity (Wildman–Crippen MR) is 110 cm³/mol. The average molecular weight is 386 g/mol. The van der Waals surface area contributed by atoms with Gasteiger partial charge in [0.2, 0.25) is 0 Å². The molecule has 146 valence electrons. The minimum atomic E-state index is -1.81. The lowest BCUT2D eigenvalue weighted by Crippen LogP contribution is -2.47. The van der Waals surface area contributed by atoms with Crippen LogP contribution in [0.25, 0.3) is 0 Å². The van der Waals surface area contributed by atoms with Crippen molar-refractivity contribution >= 4 is 22.3 Å². The highest BCUT2D eigenvalue weighted by atomic mass is 28.4. The number of nitrogens with zero attached hydrogens (tertiary/aromatic N) is 1. The molecule has 0 bridgehead atoms. The molecule has 3 atom stereocenters. The van der Waals surface area contributed by atoms with Crippen LogP contribution in [-0.2, 0) is 13.7 Å². The third kappa shape index (κ3) is 4.39. The minimum absolute atomic E-state index is 0.216. The summed E-state index contributed by atoms with van der Waals surface area (Å²) in [7, 11) is -3.58. The summed E-state index contributed by atoms with van der Waals surface area (Å²) >= 11 is 0. The quantitative estimate of drug-likeness (QED) is 0.593. The molecule has 1 unspecified atom stereocenters. The molecule has 0 N–H and O–H groups in total. The van der Waals surface area contributed by atoms with Crippen molar-refractivity contribution in [3.63, 3.8) is 0 Å². The summed E-state index contributed by atoms with van der Waals surface area (Å²) in [6.45, 7) is 24.6. The molecular weight excluding hydrogens is 346 g/mol. The Morgan fingerprint density at radius 1 is 1.00 bits per heavy atom. The zero-order valence-corrected chi connectivity index (χ0v) is 20.0. The fraction of sp³-hybridized carbons (Fsp3) is 0.947. The monoisotopic (exact) mass is 385 g/mol. The van der Waals surface area contributed by atoms with E-state index in [0.29, 0.717) is 18.4 Å². The highest BCUT2D eigenvalue weighted by molar-refractivity contribution is 6.74. The lowest BCUT2D eigenvalue weighted by Gasteiger charge is -2.41. The molecule has 2 aliphatic rings. The molecule has 25 heavy (non-hydrogen) atoms. The van der Waals surface area contributed by atoms with E-state index >= 15 is 0 Å². The van der Waals surface area contributed by atoms with Crippen molar-refractivity contribution in [2.24, 2.45) is 17.0 Å². The SMILES string of the molecule is CC(C)(C)[Si](C)(C)OC[C@H]1C2CON=C2C[C@@H]1O[Si](C)(C)C(C)(C)C. The minimum Gasteiger partial charge on any atom is -0.416 e. The maximum atomic E-state index is 6.80. The van der Waals surface area contributed by atoms with Crippen molar-refractivity contribution in [1.82, 2.24) is 0 Å². The summed E-state index contributed by atoms with van der Waals surface area (Å²) in [6, 6.07) is 0. The lowest BCUT2D eigenvalue weighted by atomic mass is 9.96. The largest absolute Gasteiger partial charge is 0.416 e. The third-order valence-electron chi connectivity index (χ3n) is 6.96. The summed E-state index contributed by atoms with van der Waals surface area (Å²) in [5.41, 5.74) is 1.19.